The van der Waals surface area contributed by atoms with Gasteiger partial charge in [0.15, 0.2) is 11.5 Å². The molecule has 1 aromatic heterocycles. The maximum Gasteiger partial charge on any atom is 0.290 e. The van der Waals surface area contributed by atoms with Crippen LogP contribution in [0.5, 0.6) is 5.75 Å². The Morgan fingerprint density at radius 1 is 1.13 bits per heavy atom. The van der Waals surface area contributed by atoms with E-state index in [1.165, 1.54) is 19.1 Å². The smallest absolute Gasteiger partial charge is 0.290 e. The van der Waals surface area contributed by atoms with Crippen LogP contribution in [0, 0.1) is 0 Å². The van der Waals surface area contributed by atoms with Gasteiger partial charge in [0, 0.05) is 19.0 Å². The number of methoxy groups -OCH3 is 2. The van der Waals surface area contributed by atoms with Gasteiger partial charge in [-0.05, 0) is 29.8 Å². The number of hydrogen-bond donors (Lipinski definition) is 1. The summed E-state index contributed by atoms with van der Waals surface area (Å²) in [6.07, 6.45) is 0. The number of fused-ring (bicyclic) bond motifs is 1. The molecule has 1 N–H and O–H groups in total. The zero-order valence-corrected chi connectivity index (χ0v) is 16.6. The SMILES string of the molecule is COCCN1C(=O)C(O)=C(C(=O)c2cc3ccccc3o2)[C@@H]1c1cccc(OC)c1. The lowest BCUT2D eigenvalue weighted by Crippen LogP contribution is -2.34. The summed E-state index contributed by atoms with van der Waals surface area (Å²) in [6, 6.07) is 15.1. The predicted molar refractivity (Wildman–Crippen MR) is 110 cm³/mol. The van der Waals surface area contributed by atoms with Crippen molar-refractivity contribution in [1.82, 2.24) is 4.90 Å². The van der Waals surface area contributed by atoms with Crippen molar-refractivity contribution >= 4 is 22.7 Å². The van der Waals surface area contributed by atoms with Gasteiger partial charge in [-0.15, -0.1) is 0 Å². The highest BCUT2D eigenvalue weighted by Gasteiger charge is 2.44. The van der Waals surface area contributed by atoms with Crippen LogP contribution in [-0.2, 0) is 9.53 Å². The molecule has 0 radical (unpaired) electrons. The van der Waals surface area contributed by atoms with Crippen LogP contribution in [0.25, 0.3) is 11.0 Å². The molecule has 2 aromatic carbocycles. The second-order valence-corrected chi connectivity index (χ2v) is 6.91. The van der Waals surface area contributed by atoms with Crippen LogP contribution in [0.4, 0.5) is 0 Å². The van der Waals surface area contributed by atoms with Gasteiger partial charge in [-0.25, -0.2) is 0 Å². The molecular weight excluding hydrogens is 386 g/mol. The lowest BCUT2D eigenvalue weighted by Gasteiger charge is -2.26. The lowest BCUT2D eigenvalue weighted by molar-refractivity contribution is -0.130. The maximum absolute atomic E-state index is 13.4. The molecule has 7 nitrogen and oxygen atoms in total. The second-order valence-electron chi connectivity index (χ2n) is 6.91. The number of furan rings is 1. The Labute approximate surface area is 173 Å². The van der Waals surface area contributed by atoms with Crippen molar-refractivity contribution in [2.45, 2.75) is 6.04 Å². The van der Waals surface area contributed by atoms with Gasteiger partial charge >= 0.3 is 0 Å². The number of para-hydroxylation sites is 1. The standard InChI is InChI=1S/C23H21NO6/c1-28-11-10-24-20(15-7-5-8-16(12-15)29-2)19(22(26)23(24)27)21(25)18-13-14-6-3-4-9-17(14)30-18/h3-9,12-13,20,26H,10-11H2,1-2H3/t20-/m0/s1. The number of amides is 1. The van der Waals surface area contributed by atoms with Crippen molar-refractivity contribution in [2.24, 2.45) is 0 Å². The average Bonchev–Trinajstić information content (AvgIpc) is 3.31. The van der Waals surface area contributed by atoms with Crippen LogP contribution in [0.3, 0.4) is 0 Å². The van der Waals surface area contributed by atoms with E-state index in [-0.39, 0.29) is 24.5 Å². The van der Waals surface area contributed by atoms with Crippen LogP contribution in [0.15, 0.2) is 70.3 Å². The lowest BCUT2D eigenvalue weighted by atomic mass is 9.95. The minimum absolute atomic E-state index is 0.0246. The third kappa shape index (κ3) is 3.33. The van der Waals surface area contributed by atoms with Gasteiger partial charge in [-0.3, -0.25) is 9.59 Å². The van der Waals surface area contributed by atoms with Gasteiger partial charge in [0.05, 0.1) is 25.3 Å². The summed E-state index contributed by atoms with van der Waals surface area (Å²) in [5.74, 6) is -1.10. The van der Waals surface area contributed by atoms with Gasteiger partial charge in [0.2, 0.25) is 5.78 Å². The third-order valence-electron chi connectivity index (χ3n) is 5.14. The van der Waals surface area contributed by atoms with E-state index >= 15 is 0 Å². The molecule has 1 amide bonds. The molecule has 30 heavy (non-hydrogen) atoms. The molecule has 1 aliphatic rings. The minimum atomic E-state index is -0.788. The summed E-state index contributed by atoms with van der Waals surface area (Å²) in [5.41, 5.74) is 1.17. The van der Waals surface area contributed by atoms with Crippen LogP contribution in [-0.4, -0.2) is 49.1 Å². The Balaban J connectivity index is 1.81. The predicted octanol–water partition coefficient (Wildman–Crippen LogP) is 3.67. The van der Waals surface area contributed by atoms with E-state index in [2.05, 4.69) is 0 Å². The number of aliphatic hydroxyl groups is 1. The van der Waals surface area contributed by atoms with Gasteiger partial charge in [0.1, 0.15) is 11.3 Å². The molecule has 154 valence electrons. The number of ether oxygens (including phenoxy) is 2. The first kappa shape index (κ1) is 19.7. The van der Waals surface area contributed by atoms with Crippen molar-refractivity contribution in [2.75, 3.05) is 27.4 Å². The molecule has 0 spiro atoms. The molecule has 1 atom stereocenters. The molecule has 0 saturated carbocycles. The Kier molecular flexibility index (Phi) is 5.29. The quantitative estimate of drug-likeness (QED) is 0.601. The van der Waals surface area contributed by atoms with E-state index in [1.54, 1.807) is 36.4 Å². The van der Waals surface area contributed by atoms with Crippen LogP contribution in [0.1, 0.15) is 22.2 Å². The Hall–Kier alpha value is -3.58. The molecule has 1 aliphatic heterocycles. The molecule has 3 aromatic rings. The highest BCUT2D eigenvalue weighted by Crippen LogP contribution is 2.40. The van der Waals surface area contributed by atoms with Gasteiger partial charge in [0.25, 0.3) is 5.91 Å². The zero-order valence-electron chi connectivity index (χ0n) is 16.6. The fraction of sp³-hybridized carbons (Fsp3) is 0.217. The topological polar surface area (TPSA) is 89.2 Å². The fourth-order valence-electron chi connectivity index (χ4n) is 3.69. The zero-order chi connectivity index (χ0) is 21.3. The van der Waals surface area contributed by atoms with Crippen molar-refractivity contribution in [1.29, 1.82) is 0 Å². The van der Waals surface area contributed by atoms with Crippen LogP contribution >= 0.6 is 0 Å². The van der Waals surface area contributed by atoms with Gasteiger partial charge < -0.3 is 23.9 Å². The number of hydrogen-bond acceptors (Lipinski definition) is 6. The number of rotatable bonds is 7. The third-order valence-corrected chi connectivity index (χ3v) is 5.14. The molecule has 0 aliphatic carbocycles. The Bertz CT molecular complexity index is 1110. The summed E-state index contributed by atoms with van der Waals surface area (Å²) < 4.78 is 16.1. The molecule has 0 unspecified atom stereocenters. The van der Waals surface area contributed by atoms with E-state index in [0.29, 0.717) is 16.9 Å². The number of benzene rings is 2. The molecule has 2 heterocycles. The molecular formula is C23H21NO6. The van der Waals surface area contributed by atoms with Crippen molar-refractivity contribution in [3.8, 4) is 5.75 Å². The molecule has 0 saturated heterocycles. The fourth-order valence-corrected chi connectivity index (χ4v) is 3.69. The average molecular weight is 407 g/mol. The van der Waals surface area contributed by atoms with E-state index in [0.717, 1.165) is 5.39 Å². The Morgan fingerprint density at radius 3 is 2.67 bits per heavy atom. The minimum Gasteiger partial charge on any atom is -0.503 e. The first-order chi connectivity index (χ1) is 14.5. The first-order valence-electron chi connectivity index (χ1n) is 9.45. The number of aliphatic hydroxyl groups excluding tert-OH is 1. The molecule has 7 heteroatoms. The molecule has 0 bridgehead atoms. The normalized spacial score (nSPS) is 16.5. The Morgan fingerprint density at radius 2 is 1.93 bits per heavy atom. The highest BCUT2D eigenvalue weighted by molar-refractivity contribution is 6.16. The highest BCUT2D eigenvalue weighted by atomic mass is 16.5. The summed E-state index contributed by atoms with van der Waals surface area (Å²) in [6.45, 7) is 0.462. The summed E-state index contributed by atoms with van der Waals surface area (Å²) in [4.78, 5) is 27.6. The van der Waals surface area contributed by atoms with Gasteiger partial charge in [-0.2, -0.15) is 0 Å². The molecule has 4 rings (SSSR count). The number of ketones is 1. The number of carbonyl (C=O) groups excluding carboxylic acids is 2. The maximum atomic E-state index is 13.4. The van der Waals surface area contributed by atoms with Crippen LogP contribution in [0.2, 0.25) is 0 Å². The summed E-state index contributed by atoms with van der Waals surface area (Å²) in [5, 5.41) is 11.4. The summed E-state index contributed by atoms with van der Waals surface area (Å²) in [7, 11) is 3.06. The van der Waals surface area contributed by atoms with E-state index in [9.17, 15) is 14.7 Å². The van der Waals surface area contributed by atoms with E-state index in [1.807, 2.05) is 18.2 Å². The van der Waals surface area contributed by atoms with Crippen molar-refractivity contribution in [3.63, 3.8) is 0 Å². The van der Waals surface area contributed by atoms with Crippen LogP contribution < -0.4 is 4.74 Å². The van der Waals surface area contributed by atoms with Crippen molar-refractivity contribution in [3.05, 3.63) is 77.3 Å². The summed E-state index contributed by atoms with van der Waals surface area (Å²) >= 11 is 0. The first-order valence-corrected chi connectivity index (χ1v) is 9.45. The van der Waals surface area contributed by atoms with Gasteiger partial charge in [-0.1, -0.05) is 30.3 Å². The monoisotopic (exact) mass is 407 g/mol. The van der Waals surface area contributed by atoms with Crippen molar-refractivity contribution < 1.29 is 28.6 Å². The number of carbonyl (C=O) groups is 2. The largest absolute Gasteiger partial charge is 0.503 e. The van der Waals surface area contributed by atoms with E-state index in [4.69, 9.17) is 13.9 Å². The molecule has 0 fully saturated rings. The second kappa shape index (κ2) is 8.04. The number of nitrogens with zero attached hydrogens (tertiary/aromatic N) is 1. The van der Waals surface area contributed by atoms with E-state index < -0.39 is 23.5 Å². The number of Topliss-reactive ketones (excluding diaryl/α,β-unsaturated/α-hetero) is 1.